The van der Waals surface area contributed by atoms with Gasteiger partial charge in [0, 0.05) is 0 Å². The molecule has 1 aromatic rings. The van der Waals surface area contributed by atoms with Crippen molar-refractivity contribution in [2.24, 2.45) is 0 Å². The maximum absolute atomic E-state index is 12.6. The minimum absolute atomic E-state index is 0.286. The van der Waals surface area contributed by atoms with Crippen LogP contribution in [-0.2, 0) is 0 Å². The van der Waals surface area contributed by atoms with Gasteiger partial charge < -0.3 is 0 Å². The van der Waals surface area contributed by atoms with Gasteiger partial charge in [0.2, 0.25) is 0 Å². The second-order valence-corrected chi connectivity index (χ2v) is 2.44. The first-order chi connectivity index (χ1) is 5.52. The van der Waals surface area contributed by atoms with E-state index in [1.807, 2.05) is 0 Å². The van der Waals surface area contributed by atoms with Crippen LogP contribution in [0.15, 0.2) is 12.1 Å². The Morgan fingerprint density at radius 1 is 1.08 bits per heavy atom. The molecule has 0 aromatic heterocycles. The molecule has 0 aliphatic rings. The lowest BCUT2D eigenvalue weighted by molar-refractivity contribution is 0.141. The van der Waals surface area contributed by atoms with Crippen LogP contribution < -0.4 is 0 Å². The number of hydrogen-bond acceptors (Lipinski definition) is 0. The zero-order valence-corrected chi connectivity index (χ0v) is 6.24. The summed E-state index contributed by atoms with van der Waals surface area (Å²) in [6.07, 6.45) is -3.11. The molecule has 0 heterocycles. The second-order valence-electron chi connectivity index (χ2n) is 2.44. The minimum atomic E-state index is -3.11. The van der Waals surface area contributed by atoms with Gasteiger partial charge in [-0.15, -0.1) is 0 Å². The Balaban J connectivity index is 3.28. The molecule has 0 saturated carbocycles. The van der Waals surface area contributed by atoms with E-state index in [2.05, 4.69) is 0 Å². The summed E-state index contributed by atoms with van der Waals surface area (Å²) in [5.41, 5.74) is -0.866. The zero-order chi connectivity index (χ0) is 9.30. The summed E-state index contributed by atoms with van der Waals surface area (Å²) in [5.74, 6) is -2.38. The van der Waals surface area contributed by atoms with Crippen LogP contribution in [-0.4, -0.2) is 0 Å². The quantitative estimate of drug-likeness (QED) is 0.579. The lowest BCUT2D eigenvalue weighted by Gasteiger charge is -2.03. The van der Waals surface area contributed by atoms with Crippen molar-refractivity contribution < 1.29 is 17.6 Å². The van der Waals surface area contributed by atoms with E-state index in [0.717, 1.165) is 12.1 Å². The molecule has 0 aliphatic carbocycles. The summed E-state index contributed by atoms with van der Waals surface area (Å²) in [4.78, 5) is 0. The summed E-state index contributed by atoms with van der Waals surface area (Å²) < 4.78 is 49.2. The summed E-state index contributed by atoms with van der Waals surface area (Å²) in [6.45, 7) is 1.43. The molecule has 0 saturated heterocycles. The first-order valence-corrected chi connectivity index (χ1v) is 3.26. The molecule has 0 bridgehead atoms. The maximum atomic E-state index is 12.6. The van der Waals surface area contributed by atoms with Crippen molar-refractivity contribution >= 4 is 0 Å². The molecule has 0 atom stereocenters. The van der Waals surface area contributed by atoms with Crippen LogP contribution in [0.25, 0.3) is 0 Å². The second kappa shape index (κ2) is 3.13. The molecule has 0 spiro atoms. The van der Waals surface area contributed by atoms with Gasteiger partial charge in [0.15, 0.2) is 0 Å². The van der Waals surface area contributed by atoms with Crippen molar-refractivity contribution in [2.45, 2.75) is 13.3 Å². The summed E-state index contributed by atoms with van der Waals surface area (Å²) >= 11 is 0. The van der Waals surface area contributed by atoms with Gasteiger partial charge in [0.25, 0.3) is 6.43 Å². The van der Waals surface area contributed by atoms with Crippen LogP contribution in [0.2, 0.25) is 0 Å². The molecule has 0 N–H and O–H groups in total. The monoisotopic (exact) mass is 178 g/mol. The topological polar surface area (TPSA) is 0 Å². The van der Waals surface area contributed by atoms with Crippen molar-refractivity contribution in [3.63, 3.8) is 0 Å². The standard InChI is InChI=1S/C8H6F4/c1-4-2-5(9)7(8(11)12)6(10)3-4/h2-3,8H,1H3. The lowest BCUT2D eigenvalue weighted by Crippen LogP contribution is -1.96. The van der Waals surface area contributed by atoms with Crippen LogP contribution in [0.5, 0.6) is 0 Å². The fraction of sp³-hybridized carbons (Fsp3) is 0.250. The highest BCUT2D eigenvalue weighted by molar-refractivity contribution is 5.26. The van der Waals surface area contributed by atoms with E-state index >= 15 is 0 Å². The third-order valence-electron chi connectivity index (χ3n) is 1.44. The average molecular weight is 178 g/mol. The Hall–Kier alpha value is -1.06. The Bertz CT molecular complexity index is 270. The molecular weight excluding hydrogens is 172 g/mol. The van der Waals surface area contributed by atoms with Gasteiger partial charge in [-0.2, -0.15) is 0 Å². The predicted molar refractivity (Wildman–Crippen MR) is 36.1 cm³/mol. The Kier molecular flexibility index (Phi) is 2.35. The van der Waals surface area contributed by atoms with Gasteiger partial charge in [-0.25, -0.2) is 17.6 Å². The molecule has 1 aromatic carbocycles. The van der Waals surface area contributed by atoms with Gasteiger partial charge in [-0.05, 0) is 24.6 Å². The lowest BCUT2D eigenvalue weighted by atomic mass is 10.1. The molecule has 0 amide bonds. The highest BCUT2D eigenvalue weighted by Crippen LogP contribution is 2.25. The van der Waals surface area contributed by atoms with E-state index in [1.165, 1.54) is 6.92 Å². The molecule has 12 heavy (non-hydrogen) atoms. The van der Waals surface area contributed by atoms with Crippen LogP contribution >= 0.6 is 0 Å². The molecule has 1 rings (SSSR count). The highest BCUT2D eigenvalue weighted by Gasteiger charge is 2.18. The van der Waals surface area contributed by atoms with E-state index in [0.29, 0.717) is 0 Å². The smallest absolute Gasteiger partial charge is 0.206 e. The van der Waals surface area contributed by atoms with Gasteiger partial charge >= 0.3 is 0 Å². The average Bonchev–Trinajstić information content (AvgIpc) is 1.82. The Labute approximate surface area is 66.8 Å². The number of benzene rings is 1. The maximum Gasteiger partial charge on any atom is 0.269 e. The molecule has 0 fully saturated rings. The van der Waals surface area contributed by atoms with Crippen molar-refractivity contribution in [1.82, 2.24) is 0 Å². The van der Waals surface area contributed by atoms with Crippen molar-refractivity contribution in [1.29, 1.82) is 0 Å². The molecule has 0 radical (unpaired) electrons. The summed E-state index contributed by atoms with van der Waals surface area (Å²) in [7, 11) is 0. The van der Waals surface area contributed by atoms with Gasteiger partial charge in [0.05, 0.1) is 5.56 Å². The van der Waals surface area contributed by atoms with Crippen molar-refractivity contribution in [3.8, 4) is 0 Å². The molecule has 0 unspecified atom stereocenters. The fourth-order valence-corrected chi connectivity index (χ4v) is 0.919. The minimum Gasteiger partial charge on any atom is -0.206 e. The van der Waals surface area contributed by atoms with E-state index in [9.17, 15) is 17.6 Å². The van der Waals surface area contributed by atoms with Crippen LogP contribution in [0.3, 0.4) is 0 Å². The predicted octanol–water partition coefficient (Wildman–Crippen LogP) is 3.21. The van der Waals surface area contributed by atoms with Crippen LogP contribution in [0.4, 0.5) is 17.6 Å². The Morgan fingerprint density at radius 2 is 1.50 bits per heavy atom. The first-order valence-electron chi connectivity index (χ1n) is 3.26. The van der Waals surface area contributed by atoms with E-state index in [-0.39, 0.29) is 5.56 Å². The zero-order valence-electron chi connectivity index (χ0n) is 6.24. The molecular formula is C8H6F4. The number of rotatable bonds is 1. The van der Waals surface area contributed by atoms with Crippen molar-refractivity contribution in [2.75, 3.05) is 0 Å². The summed E-state index contributed by atoms with van der Waals surface area (Å²) in [6, 6.07) is 1.76. The van der Waals surface area contributed by atoms with E-state index in [4.69, 9.17) is 0 Å². The molecule has 0 nitrogen and oxygen atoms in total. The SMILES string of the molecule is Cc1cc(F)c(C(F)F)c(F)c1. The van der Waals surface area contributed by atoms with Gasteiger partial charge in [0.1, 0.15) is 11.6 Å². The number of aryl methyl sites for hydroxylation is 1. The fourth-order valence-electron chi connectivity index (χ4n) is 0.919. The first kappa shape index (κ1) is 9.03. The number of hydrogen-bond donors (Lipinski definition) is 0. The van der Waals surface area contributed by atoms with E-state index in [1.54, 1.807) is 0 Å². The van der Waals surface area contributed by atoms with Crippen LogP contribution in [0, 0.1) is 18.6 Å². The summed E-state index contributed by atoms with van der Waals surface area (Å²) in [5, 5.41) is 0. The molecule has 66 valence electrons. The number of halogens is 4. The third kappa shape index (κ3) is 1.57. The van der Waals surface area contributed by atoms with Crippen LogP contribution in [0.1, 0.15) is 17.6 Å². The molecule has 4 heteroatoms. The third-order valence-corrected chi connectivity index (χ3v) is 1.44. The van der Waals surface area contributed by atoms with E-state index < -0.39 is 23.6 Å². The van der Waals surface area contributed by atoms with Gasteiger partial charge in [-0.1, -0.05) is 0 Å². The Morgan fingerprint density at radius 3 is 1.83 bits per heavy atom. The highest BCUT2D eigenvalue weighted by atomic mass is 19.3. The van der Waals surface area contributed by atoms with Gasteiger partial charge in [-0.3, -0.25) is 0 Å². The van der Waals surface area contributed by atoms with Crippen molar-refractivity contribution in [3.05, 3.63) is 34.9 Å². The molecule has 0 aliphatic heterocycles. The number of alkyl halides is 2. The normalized spacial score (nSPS) is 10.8. The largest absolute Gasteiger partial charge is 0.269 e.